The van der Waals surface area contributed by atoms with E-state index in [1.807, 2.05) is 0 Å². The number of ether oxygens (including phenoxy) is 1. The number of amides is 2. The molecule has 0 rings (SSSR count). The van der Waals surface area contributed by atoms with Crippen LogP contribution in [0.2, 0.25) is 0 Å². The third-order valence-corrected chi connectivity index (χ3v) is 1.15. The van der Waals surface area contributed by atoms with E-state index in [0.717, 1.165) is 7.11 Å². The summed E-state index contributed by atoms with van der Waals surface area (Å²) in [6.07, 6.45) is -1.46. The molecule has 0 aliphatic carbocycles. The Labute approximate surface area is 68.7 Å². The second kappa shape index (κ2) is 4.32. The normalized spacial score (nSPS) is 8.83. The monoisotopic (exact) mass is 175 g/mol. The number of carbonyl (C=O) groups is 3. The molecule has 2 amide bonds. The van der Waals surface area contributed by atoms with Crippen molar-refractivity contribution in [1.29, 1.82) is 0 Å². The van der Waals surface area contributed by atoms with Crippen molar-refractivity contribution >= 4 is 18.0 Å². The van der Waals surface area contributed by atoms with E-state index in [0.29, 0.717) is 4.90 Å². The SMILES string of the molecule is CCN(C(=O)O)C(=O)C(=O)OC. The number of methoxy groups -OCH3 is 1. The Kier molecular flexibility index (Phi) is 3.75. The van der Waals surface area contributed by atoms with Crippen LogP contribution < -0.4 is 0 Å². The van der Waals surface area contributed by atoms with Crippen LogP contribution in [0.1, 0.15) is 6.92 Å². The molecule has 0 saturated carbocycles. The molecule has 0 aromatic heterocycles. The van der Waals surface area contributed by atoms with E-state index in [4.69, 9.17) is 5.11 Å². The number of carbonyl (C=O) groups excluding carboxylic acids is 2. The molecular formula is C6H9NO5. The molecule has 0 spiro atoms. The van der Waals surface area contributed by atoms with Gasteiger partial charge < -0.3 is 9.84 Å². The van der Waals surface area contributed by atoms with Gasteiger partial charge in [0.1, 0.15) is 0 Å². The molecule has 0 radical (unpaired) electrons. The molecule has 0 bridgehead atoms. The summed E-state index contributed by atoms with van der Waals surface area (Å²) in [5.74, 6) is -2.35. The predicted molar refractivity (Wildman–Crippen MR) is 37.4 cm³/mol. The minimum Gasteiger partial charge on any atom is -0.465 e. The molecule has 12 heavy (non-hydrogen) atoms. The summed E-state index contributed by atoms with van der Waals surface area (Å²) < 4.78 is 4.05. The predicted octanol–water partition coefficient (Wildman–Crippen LogP) is -0.314. The van der Waals surface area contributed by atoms with E-state index >= 15 is 0 Å². The molecule has 68 valence electrons. The molecule has 6 heteroatoms. The van der Waals surface area contributed by atoms with Gasteiger partial charge in [0.25, 0.3) is 0 Å². The summed E-state index contributed by atoms with van der Waals surface area (Å²) in [5, 5.41) is 8.39. The van der Waals surface area contributed by atoms with Crippen LogP contribution in [0.25, 0.3) is 0 Å². The molecule has 0 aliphatic heterocycles. The average molecular weight is 175 g/mol. The highest BCUT2D eigenvalue weighted by Gasteiger charge is 2.25. The number of rotatable bonds is 1. The van der Waals surface area contributed by atoms with E-state index in [1.54, 1.807) is 0 Å². The molecule has 0 aliphatic rings. The summed E-state index contributed by atoms with van der Waals surface area (Å²) >= 11 is 0. The van der Waals surface area contributed by atoms with Gasteiger partial charge in [0.15, 0.2) is 0 Å². The summed E-state index contributed by atoms with van der Waals surface area (Å²) in [5.41, 5.74) is 0. The van der Waals surface area contributed by atoms with Crippen molar-refractivity contribution in [3.05, 3.63) is 0 Å². The Bertz CT molecular complexity index is 212. The molecule has 0 aromatic carbocycles. The van der Waals surface area contributed by atoms with E-state index < -0.39 is 18.0 Å². The largest absolute Gasteiger partial charge is 0.465 e. The van der Waals surface area contributed by atoms with E-state index in [2.05, 4.69) is 4.74 Å². The van der Waals surface area contributed by atoms with Crippen LogP contribution in [-0.4, -0.2) is 41.6 Å². The van der Waals surface area contributed by atoms with Gasteiger partial charge in [-0.2, -0.15) is 0 Å². The van der Waals surface area contributed by atoms with Gasteiger partial charge in [0.2, 0.25) is 0 Å². The average Bonchev–Trinajstić information content (AvgIpc) is 2.03. The zero-order chi connectivity index (χ0) is 9.72. The topological polar surface area (TPSA) is 83.9 Å². The van der Waals surface area contributed by atoms with Crippen molar-refractivity contribution < 1.29 is 24.2 Å². The number of esters is 1. The minimum absolute atomic E-state index is 0.0801. The Morgan fingerprint density at radius 2 is 1.92 bits per heavy atom. The number of hydrogen-bond acceptors (Lipinski definition) is 4. The first-order valence-electron chi connectivity index (χ1n) is 3.17. The van der Waals surface area contributed by atoms with Crippen LogP contribution in [0, 0.1) is 0 Å². The first-order chi connectivity index (χ1) is 5.54. The van der Waals surface area contributed by atoms with Crippen LogP contribution in [0.15, 0.2) is 0 Å². The Morgan fingerprint density at radius 3 is 2.17 bits per heavy atom. The fourth-order valence-electron chi connectivity index (χ4n) is 0.563. The number of carboxylic acid groups (broad SMARTS) is 1. The molecule has 6 nitrogen and oxygen atoms in total. The maximum absolute atomic E-state index is 10.8. The molecule has 0 atom stereocenters. The van der Waals surface area contributed by atoms with Crippen LogP contribution in [0.5, 0.6) is 0 Å². The van der Waals surface area contributed by atoms with E-state index in [1.165, 1.54) is 6.92 Å². The number of hydrogen-bond donors (Lipinski definition) is 1. The Morgan fingerprint density at radius 1 is 1.42 bits per heavy atom. The van der Waals surface area contributed by atoms with Crippen molar-refractivity contribution in [2.45, 2.75) is 6.92 Å². The van der Waals surface area contributed by atoms with Crippen LogP contribution in [0.3, 0.4) is 0 Å². The summed E-state index contributed by atoms with van der Waals surface area (Å²) in [6, 6.07) is 0. The van der Waals surface area contributed by atoms with E-state index in [-0.39, 0.29) is 6.54 Å². The molecule has 0 fully saturated rings. The van der Waals surface area contributed by atoms with Gasteiger partial charge in [0.05, 0.1) is 7.11 Å². The highest BCUT2D eigenvalue weighted by Crippen LogP contribution is 1.92. The fraction of sp³-hybridized carbons (Fsp3) is 0.500. The second-order valence-electron chi connectivity index (χ2n) is 1.82. The summed E-state index contributed by atoms with van der Waals surface area (Å²) in [7, 11) is 1.01. The molecule has 0 aromatic rings. The van der Waals surface area contributed by atoms with Crippen LogP contribution in [-0.2, 0) is 14.3 Å². The maximum Gasteiger partial charge on any atom is 0.414 e. The standard InChI is InChI=1S/C6H9NO5/c1-3-7(6(10)11)4(8)5(9)12-2/h3H2,1-2H3,(H,10,11). The van der Waals surface area contributed by atoms with Gasteiger partial charge in [-0.3, -0.25) is 4.79 Å². The molecule has 0 heterocycles. The lowest BCUT2D eigenvalue weighted by molar-refractivity contribution is -0.156. The Balaban J connectivity index is 4.42. The third-order valence-electron chi connectivity index (χ3n) is 1.15. The summed E-state index contributed by atoms with van der Waals surface area (Å²) in [4.78, 5) is 32.0. The lowest BCUT2D eigenvalue weighted by Crippen LogP contribution is -2.40. The zero-order valence-corrected chi connectivity index (χ0v) is 6.73. The highest BCUT2D eigenvalue weighted by atomic mass is 16.5. The number of nitrogens with zero attached hydrogens (tertiary/aromatic N) is 1. The van der Waals surface area contributed by atoms with Gasteiger partial charge in [-0.05, 0) is 6.92 Å². The van der Waals surface area contributed by atoms with Gasteiger partial charge in [0, 0.05) is 6.54 Å². The number of likely N-dealkylation sites (N-methyl/N-ethyl adjacent to an activating group) is 1. The number of imide groups is 1. The zero-order valence-electron chi connectivity index (χ0n) is 6.73. The van der Waals surface area contributed by atoms with Gasteiger partial charge in [-0.15, -0.1) is 0 Å². The lowest BCUT2D eigenvalue weighted by atomic mass is 10.5. The summed E-state index contributed by atoms with van der Waals surface area (Å²) in [6.45, 7) is 1.36. The van der Waals surface area contributed by atoms with Gasteiger partial charge in [-0.1, -0.05) is 0 Å². The third kappa shape index (κ3) is 2.22. The first-order valence-corrected chi connectivity index (χ1v) is 3.17. The maximum atomic E-state index is 10.8. The molecule has 0 saturated heterocycles. The molecule has 1 N–H and O–H groups in total. The van der Waals surface area contributed by atoms with Gasteiger partial charge in [-0.25, -0.2) is 14.5 Å². The molecule has 0 unspecified atom stereocenters. The van der Waals surface area contributed by atoms with Crippen molar-refractivity contribution in [2.24, 2.45) is 0 Å². The fourth-order valence-corrected chi connectivity index (χ4v) is 0.563. The quantitative estimate of drug-likeness (QED) is 0.436. The highest BCUT2D eigenvalue weighted by molar-refractivity contribution is 6.34. The van der Waals surface area contributed by atoms with Crippen molar-refractivity contribution in [3.8, 4) is 0 Å². The van der Waals surface area contributed by atoms with Crippen molar-refractivity contribution in [3.63, 3.8) is 0 Å². The van der Waals surface area contributed by atoms with E-state index in [9.17, 15) is 14.4 Å². The van der Waals surface area contributed by atoms with Crippen molar-refractivity contribution in [2.75, 3.05) is 13.7 Å². The molecular weight excluding hydrogens is 166 g/mol. The minimum atomic E-state index is -1.46. The van der Waals surface area contributed by atoms with Gasteiger partial charge >= 0.3 is 18.0 Å². The van der Waals surface area contributed by atoms with Crippen LogP contribution >= 0.6 is 0 Å². The van der Waals surface area contributed by atoms with Crippen molar-refractivity contribution in [1.82, 2.24) is 4.90 Å². The second-order valence-corrected chi connectivity index (χ2v) is 1.82. The Hall–Kier alpha value is -1.59. The first kappa shape index (κ1) is 10.4. The smallest absolute Gasteiger partial charge is 0.414 e. The van der Waals surface area contributed by atoms with Crippen LogP contribution in [0.4, 0.5) is 4.79 Å². The lowest BCUT2D eigenvalue weighted by Gasteiger charge is -2.12.